The van der Waals surface area contributed by atoms with Gasteiger partial charge in [-0.3, -0.25) is 9.59 Å². The molecule has 2 aliphatic carbocycles. The lowest BCUT2D eigenvalue weighted by atomic mass is 9.59. The van der Waals surface area contributed by atoms with E-state index in [4.69, 9.17) is 4.74 Å². The zero-order chi connectivity index (χ0) is 14.5. The van der Waals surface area contributed by atoms with Crippen LogP contribution in [-0.4, -0.2) is 24.6 Å². The number of hydrogen-bond donors (Lipinski definition) is 0. The fraction of sp³-hybridized carbons (Fsp3) is 0.438. The maximum Gasteiger partial charge on any atom is 0.337 e. The predicted octanol–water partition coefficient (Wildman–Crippen LogP) is 2.05. The summed E-state index contributed by atoms with van der Waals surface area (Å²) in [7, 11) is 1.34. The second-order valence-electron chi connectivity index (χ2n) is 5.79. The van der Waals surface area contributed by atoms with Crippen molar-refractivity contribution in [2.45, 2.75) is 32.1 Å². The molecule has 2 atom stereocenters. The average molecular weight is 272 g/mol. The second kappa shape index (κ2) is 4.27. The minimum absolute atomic E-state index is 0.00302. The van der Waals surface area contributed by atoms with E-state index in [1.807, 2.05) is 6.07 Å². The van der Waals surface area contributed by atoms with E-state index >= 15 is 0 Å². The summed E-state index contributed by atoms with van der Waals surface area (Å²) in [5.41, 5.74) is 1.48. The van der Waals surface area contributed by atoms with E-state index in [1.54, 1.807) is 19.1 Å². The summed E-state index contributed by atoms with van der Waals surface area (Å²) in [6.07, 6.45) is 1.43. The van der Waals surface area contributed by atoms with Crippen molar-refractivity contribution in [3.63, 3.8) is 0 Å². The summed E-state index contributed by atoms with van der Waals surface area (Å²) in [6.45, 7) is 1.75. The topological polar surface area (TPSA) is 60.4 Å². The van der Waals surface area contributed by atoms with Crippen LogP contribution in [0.2, 0.25) is 0 Å². The maximum atomic E-state index is 12.5. The van der Waals surface area contributed by atoms with Gasteiger partial charge in [0.05, 0.1) is 18.1 Å². The highest BCUT2D eigenvalue weighted by Gasteiger charge is 2.51. The van der Waals surface area contributed by atoms with Crippen LogP contribution in [0, 0.1) is 5.41 Å². The first-order valence-electron chi connectivity index (χ1n) is 6.76. The molecule has 1 aromatic carbocycles. The molecule has 0 heterocycles. The van der Waals surface area contributed by atoms with Crippen LogP contribution < -0.4 is 0 Å². The summed E-state index contributed by atoms with van der Waals surface area (Å²) in [5, 5.41) is 0. The summed E-state index contributed by atoms with van der Waals surface area (Å²) < 4.78 is 4.72. The number of fused-ring (bicyclic) bond motifs is 4. The number of methoxy groups -OCH3 is 1. The summed E-state index contributed by atoms with van der Waals surface area (Å²) in [4.78, 5) is 36.2. The molecule has 4 nitrogen and oxygen atoms in total. The number of esters is 1. The lowest BCUT2D eigenvalue weighted by molar-refractivity contribution is -0.144. The van der Waals surface area contributed by atoms with Crippen LogP contribution in [0.25, 0.3) is 0 Å². The molecule has 20 heavy (non-hydrogen) atoms. The first kappa shape index (κ1) is 13.0. The minimum Gasteiger partial charge on any atom is -0.465 e. The van der Waals surface area contributed by atoms with Crippen molar-refractivity contribution in [2.24, 2.45) is 5.41 Å². The number of carbonyl (C=O) groups is 3. The predicted molar refractivity (Wildman–Crippen MR) is 71.6 cm³/mol. The Balaban J connectivity index is 2.11. The number of hydrogen-bond acceptors (Lipinski definition) is 4. The summed E-state index contributed by atoms with van der Waals surface area (Å²) in [6, 6.07) is 5.29. The van der Waals surface area contributed by atoms with Gasteiger partial charge in [-0.2, -0.15) is 0 Å². The smallest absolute Gasteiger partial charge is 0.337 e. The van der Waals surface area contributed by atoms with Crippen LogP contribution in [0.15, 0.2) is 18.2 Å². The largest absolute Gasteiger partial charge is 0.465 e. The SMILES string of the molecule is COC(=O)c1ccc2c(c1)[C@@H]1CCC(=O)[C@](C)(C2)C1=O. The van der Waals surface area contributed by atoms with Crippen molar-refractivity contribution in [3.8, 4) is 0 Å². The normalized spacial score (nSPS) is 28.0. The van der Waals surface area contributed by atoms with E-state index in [0.717, 1.165) is 11.1 Å². The number of Topliss-reactive ketones (excluding diaryl/α,β-unsaturated/α-hetero) is 2. The standard InChI is InChI=1S/C16H16O4/c1-16-8-10-4-3-9(15(19)20-2)7-12(10)11(14(16)18)5-6-13(16)17/h3-4,7,11H,5-6,8H2,1-2H3/t11-,16-/m0/s1. The fourth-order valence-corrected chi connectivity index (χ4v) is 3.39. The number of ketones is 2. The van der Waals surface area contributed by atoms with Gasteiger partial charge in [0, 0.05) is 12.3 Å². The Bertz CT molecular complexity index is 631. The van der Waals surface area contributed by atoms with Crippen molar-refractivity contribution in [3.05, 3.63) is 34.9 Å². The third-order valence-electron chi connectivity index (χ3n) is 4.62. The molecule has 0 N–H and O–H groups in total. The Morgan fingerprint density at radius 3 is 2.80 bits per heavy atom. The lowest BCUT2D eigenvalue weighted by Gasteiger charge is -2.41. The van der Waals surface area contributed by atoms with Crippen LogP contribution in [0.1, 0.15) is 47.2 Å². The number of rotatable bonds is 1. The van der Waals surface area contributed by atoms with Gasteiger partial charge < -0.3 is 4.74 Å². The molecule has 1 saturated carbocycles. The maximum absolute atomic E-state index is 12.5. The summed E-state index contributed by atoms with van der Waals surface area (Å²) in [5.74, 6) is -0.615. The number of benzene rings is 1. The lowest BCUT2D eigenvalue weighted by Crippen LogP contribution is -2.48. The number of carbonyl (C=O) groups excluding carboxylic acids is 3. The highest BCUT2D eigenvalue weighted by molar-refractivity contribution is 6.12. The van der Waals surface area contributed by atoms with Gasteiger partial charge >= 0.3 is 5.97 Å². The average Bonchev–Trinajstić information content (AvgIpc) is 2.44. The molecule has 1 fully saturated rings. The van der Waals surface area contributed by atoms with Crippen molar-refractivity contribution in [1.29, 1.82) is 0 Å². The molecule has 0 amide bonds. The van der Waals surface area contributed by atoms with Crippen LogP contribution >= 0.6 is 0 Å². The van der Waals surface area contributed by atoms with Gasteiger partial charge in [-0.1, -0.05) is 6.07 Å². The van der Waals surface area contributed by atoms with Crippen molar-refractivity contribution >= 4 is 17.5 Å². The first-order valence-corrected chi connectivity index (χ1v) is 6.76. The van der Waals surface area contributed by atoms with E-state index in [9.17, 15) is 14.4 Å². The van der Waals surface area contributed by atoms with E-state index in [-0.39, 0.29) is 17.5 Å². The van der Waals surface area contributed by atoms with Gasteiger partial charge in [0.25, 0.3) is 0 Å². The Kier molecular flexibility index (Phi) is 2.78. The van der Waals surface area contributed by atoms with Gasteiger partial charge in [-0.15, -0.1) is 0 Å². The van der Waals surface area contributed by atoms with Crippen LogP contribution in [0.5, 0.6) is 0 Å². The quantitative estimate of drug-likeness (QED) is 0.580. The molecule has 1 aromatic rings. The van der Waals surface area contributed by atoms with Crippen molar-refractivity contribution in [2.75, 3.05) is 7.11 Å². The van der Waals surface area contributed by atoms with E-state index in [0.29, 0.717) is 24.8 Å². The zero-order valence-corrected chi connectivity index (χ0v) is 11.6. The molecule has 2 bridgehead atoms. The zero-order valence-electron chi connectivity index (χ0n) is 11.6. The van der Waals surface area contributed by atoms with Crippen LogP contribution in [-0.2, 0) is 20.7 Å². The molecule has 0 unspecified atom stereocenters. The van der Waals surface area contributed by atoms with Gasteiger partial charge in [0.1, 0.15) is 5.78 Å². The molecular formula is C16H16O4. The number of ether oxygens (including phenoxy) is 1. The molecule has 4 heteroatoms. The Morgan fingerprint density at radius 1 is 1.35 bits per heavy atom. The molecule has 2 aliphatic rings. The van der Waals surface area contributed by atoms with E-state index in [1.165, 1.54) is 7.11 Å². The third-order valence-corrected chi connectivity index (χ3v) is 4.62. The highest BCUT2D eigenvalue weighted by atomic mass is 16.5. The van der Waals surface area contributed by atoms with Gasteiger partial charge in [0.2, 0.25) is 0 Å². The fourth-order valence-electron chi connectivity index (χ4n) is 3.39. The molecule has 0 aliphatic heterocycles. The third kappa shape index (κ3) is 1.64. The summed E-state index contributed by atoms with van der Waals surface area (Å²) >= 11 is 0. The Morgan fingerprint density at radius 2 is 2.10 bits per heavy atom. The molecule has 104 valence electrons. The van der Waals surface area contributed by atoms with Gasteiger partial charge in [-0.25, -0.2) is 4.79 Å². The van der Waals surface area contributed by atoms with Gasteiger partial charge in [-0.05, 0) is 43.0 Å². The molecule has 3 rings (SSSR count). The monoisotopic (exact) mass is 272 g/mol. The van der Waals surface area contributed by atoms with Crippen molar-refractivity contribution < 1.29 is 19.1 Å². The molecule has 0 aromatic heterocycles. The van der Waals surface area contributed by atoms with E-state index in [2.05, 4.69) is 0 Å². The highest BCUT2D eigenvalue weighted by Crippen LogP contribution is 2.46. The molecule has 0 spiro atoms. The minimum atomic E-state index is -0.872. The Hall–Kier alpha value is -1.97. The van der Waals surface area contributed by atoms with Crippen LogP contribution in [0.4, 0.5) is 0 Å². The molecule has 0 radical (unpaired) electrons. The van der Waals surface area contributed by atoms with E-state index < -0.39 is 11.4 Å². The molecule has 0 saturated heterocycles. The van der Waals surface area contributed by atoms with Crippen molar-refractivity contribution in [1.82, 2.24) is 0 Å². The second-order valence-corrected chi connectivity index (χ2v) is 5.79. The van der Waals surface area contributed by atoms with Crippen LogP contribution in [0.3, 0.4) is 0 Å². The Labute approximate surface area is 117 Å². The molecular weight excluding hydrogens is 256 g/mol. The first-order chi connectivity index (χ1) is 9.47. The van der Waals surface area contributed by atoms with Gasteiger partial charge in [0.15, 0.2) is 5.78 Å².